The van der Waals surface area contributed by atoms with Crippen LogP contribution in [0.4, 0.5) is 5.69 Å². The van der Waals surface area contributed by atoms with E-state index in [9.17, 15) is 4.79 Å². The molecule has 2 aromatic rings. The third-order valence-electron chi connectivity index (χ3n) is 2.70. The van der Waals surface area contributed by atoms with Gasteiger partial charge < -0.3 is 5.32 Å². The van der Waals surface area contributed by atoms with E-state index in [1.165, 1.54) is 0 Å². The zero-order valence-corrected chi connectivity index (χ0v) is 10.7. The smallest absolute Gasteiger partial charge is 0.255 e. The van der Waals surface area contributed by atoms with Gasteiger partial charge >= 0.3 is 0 Å². The summed E-state index contributed by atoms with van der Waals surface area (Å²) in [7, 11) is 0. The number of amides is 1. The van der Waals surface area contributed by atoms with Gasteiger partial charge in [-0.25, -0.2) is 0 Å². The van der Waals surface area contributed by atoms with Gasteiger partial charge in [0.15, 0.2) is 0 Å². The third kappa shape index (κ3) is 2.98. The normalized spacial score (nSPS) is 10.2. The van der Waals surface area contributed by atoms with Crippen molar-refractivity contribution in [3.05, 3.63) is 71.6 Å². The maximum atomic E-state index is 12.0. The predicted molar refractivity (Wildman–Crippen MR) is 74.8 cm³/mol. The van der Waals surface area contributed by atoms with Crippen LogP contribution in [0.25, 0.3) is 0 Å². The first kappa shape index (κ1) is 12.4. The van der Waals surface area contributed by atoms with Gasteiger partial charge in [0.1, 0.15) is 0 Å². The molecule has 91 valence electrons. The quantitative estimate of drug-likeness (QED) is 0.848. The van der Waals surface area contributed by atoms with Crippen molar-refractivity contribution in [2.75, 3.05) is 5.32 Å². The highest BCUT2D eigenvalue weighted by Crippen LogP contribution is 2.15. The Kier molecular flexibility index (Phi) is 3.47. The van der Waals surface area contributed by atoms with Crippen LogP contribution in [0.15, 0.2) is 42.5 Å². The van der Waals surface area contributed by atoms with Crippen molar-refractivity contribution in [3.8, 4) is 0 Å². The Hall–Kier alpha value is -2.09. The summed E-state index contributed by atoms with van der Waals surface area (Å²) < 4.78 is 0. The zero-order chi connectivity index (χ0) is 13.1. The summed E-state index contributed by atoms with van der Waals surface area (Å²) in [6, 6.07) is 13.2. The van der Waals surface area contributed by atoms with Crippen LogP contribution in [0.3, 0.4) is 0 Å². The van der Waals surface area contributed by atoms with Crippen LogP contribution in [-0.2, 0) is 0 Å². The Morgan fingerprint density at radius 2 is 1.56 bits per heavy atom. The minimum Gasteiger partial charge on any atom is -0.322 e. The first-order valence-electron chi connectivity index (χ1n) is 5.86. The number of hydrogen-bond acceptors (Lipinski definition) is 1. The minimum absolute atomic E-state index is 0.0972. The highest BCUT2D eigenvalue weighted by Gasteiger charge is 2.05. The molecule has 1 amide bonds. The topological polar surface area (TPSA) is 29.1 Å². The van der Waals surface area contributed by atoms with Crippen molar-refractivity contribution in [2.45, 2.75) is 13.8 Å². The van der Waals surface area contributed by atoms with Gasteiger partial charge in [0.2, 0.25) is 0 Å². The molecule has 0 aliphatic heterocycles. The Balaban J connectivity index is 2.18. The summed E-state index contributed by atoms with van der Waals surface area (Å²) in [5.41, 5.74) is 4.65. The molecule has 2 aromatic carbocycles. The number of anilines is 1. The second kappa shape index (κ2) is 5.05. The van der Waals surface area contributed by atoms with Crippen molar-refractivity contribution in [2.24, 2.45) is 0 Å². The van der Waals surface area contributed by atoms with Gasteiger partial charge in [-0.2, -0.15) is 0 Å². The van der Waals surface area contributed by atoms with Crippen LogP contribution in [-0.4, -0.2) is 5.91 Å². The Labute approximate surface area is 108 Å². The SMILES string of the molecule is [CH2]c1ccc(C(=O)Nc2cc(C)cc(C)c2)cc1. The summed E-state index contributed by atoms with van der Waals surface area (Å²) in [4.78, 5) is 12.0. The molecule has 0 atom stereocenters. The highest BCUT2D eigenvalue weighted by molar-refractivity contribution is 6.04. The van der Waals surface area contributed by atoms with Crippen LogP contribution in [0, 0.1) is 20.8 Å². The van der Waals surface area contributed by atoms with Crippen molar-refractivity contribution in [3.63, 3.8) is 0 Å². The molecule has 2 nitrogen and oxygen atoms in total. The van der Waals surface area contributed by atoms with Gasteiger partial charge in [0.25, 0.3) is 5.91 Å². The fourth-order valence-electron chi connectivity index (χ4n) is 1.91. The number of benzene rings is 2. The van der Waals surface area contributed by atoms with Gasteiger partial charge in [-0.1, -0.05) is 18.2 Å². The molecule has 0 aliphatic rings. The predicted octanol–water partition coefficient (Wildman–Crippen LogP) is 3.74. The van der Waals surface area contributed by atoms with Gasteiger partial charge in [0.05, 0.1) is 0 Å². The van der Waals surface area contributed by atoms with Crippen molar-refractivity contribution >= 4 is 11.6 Å². The van der Waals surface area contributed by atoms with E-state index in [1.54, 1.807) is 12.1 Å². The lowest BCUT2D eigenvalue weighted by atomic mass is 10.1. The molecular formula is C16H16NO. The number of carbonyl (C=O) groups excluding carboxylic acids is 1. The average Bonchev–Trinajstić information content (AvgIpc) is 2.28. The zero-order valence-electron chi connectivity index (χ0n) is 10.7. The molecule has 0 aliphatic carbocycles. The summed E-state index contributed by atoms with van der Waals surface area (Å²) in [5.74, 6) is -0.0972. The average molecular weight is 238 g/mol. The molecule has 0 unspecified atom stereocenters. The van der Waals surface area contributed by atoms with Crippen molar-refractivity contribution < 1.29 is 4.79 Å². The minimum atomic E-state index is -0.0972. The lowest BCUT2D eigenvalue weighted by molar-refractivity contribution is 0.102. The first-order chi connectivity index (χ1) is 8.54. The molecular weight excluding hydrogens is 222 g/mol. The summed E-state index contributed by atoms with van der Waals surface area (Å²) >= 11 is 0. The van der Waals surface area contributed by atoms with Gasteiger partial charge in [-0.3, -0.25) is 4.79 Å². The van der Waals surface area contributed by atoms with Crippen LogP contribution >= 0.6 is 0 Å². The maximum Gasteiger partial charge on any atom is 0.255 e. The number of hydrogen-bond donors (Lipinski definition) is 1. The molecule has 0 spiro atoms. The van der Waals surface area contributed by atoms with E-state index in [4.69, 9.17) is 0 Å². The van der Waals surface area contributed by atoms with Gasteiger partial charge in [-0.05, 0) is 61.7 Å². The van der Waals surface area contributed by atoms with E-state index in [1.807, 2.05) is 38.1 Å². The molecule has 0 bridgehead atoms. The molecule has 0 saturated heterocycles. The number of rotatable bonds is 2. The fourth-order valence-corrected chi connectivity index (χ4v) is 1.91. The first-order valence-corrected chi connectivity index (χ1v) is 5.86. The van der Waals surface area contributed by atoms with Crippen LogP contribution in [0.2, 0.25) is 0 Å². The summed E-state index contributed by atoms with van der Waals surface area (Å²) in [6.45, 7) is 7.82. The number of aryl methyl sites for hydroxylation is 2. The lowest BCUT2D eigenvalue weighted by Gasteiger charge is -2.07. The van der Waals surface area contributed by atoms with Crippen molar-refractivity contribution in [1.29, 1.82) is 0 Å². The Morgan fingerprint density at radius 1 is 1.00 bits per heavy atom. The van der Waals surface area contributed by atoms with Crippen LogP contribution in [0.1, 0.15) is 27.0 Å². The molecule has 0 aromatic heterocycles. The van der Waals surface area contributed by atoms with E-state index in [-0.39, 0.29) is 5.91 Å². The second-order valence-electron chi connectivity index (χ2n) is 4.53. The van der Waals surface area contributed by atoms with E-state index in [0.717, 1.165) is 22.4 Å². The molecule has 0 saturated carbocycles. The third-order valence-corrected chi connectivity index (χ3v) is 2.70. The standard InChI is InChI=1S/C16H16NO/c1-11-4-6-14(7-5-11)16(18)17-15-9-12(2)8-13(3)10-15/h4-10H,1H2,2-3H3,(H,17,18). The molecule has 1 radical (unpaired) electrons. The monoisotopic (exact) mass is 238 g/mol. The molecule has 1 N–H and O–H groups in total. The van der Waals surface area contributed by atoms with Crippen LogP contribution < -0.4 is 5.32 Å². The van der Waals surface area contributed by atoms with E-state index < -0.39 is 0 Å². The molecule has 2 heteroatoms. The van der Waals surface area contributed by atoms with Gasteiger partial charge in [-0.15, -0.1) is 0 Å². The lowest BCUT2D eigenvalue weighted by Crippen LogP contribution is -2.11. The van der Waals surface area contributed by atoms with Crippen LogP contribution in [0.5, 0.6) is 0 Å². The number of nitrogens with one attached hydrogen (secondary N) is 1. The highest BCUT2D eigenvalue weighted by atomic mass is 16.1. The molecule has 0 fully saturated rings. The van der Waals surface area contributed by atoms with Crippen molar-refractivity contribution in [1.82, 2.24) is 0 Å². The van der Waals surface area contributed by atoms with Gasteiger partial charge in [0, 0.05) is 11.3 Å². The second-order valence-corrected chi connectivity index (χ2v) is 4.53. The van der Waals surface area contributed by atoms with E-state index >= 15 is 0 Å². The fraction of sp³-hybridized carbons (Fsp3) is 0.125. The van der Waals surface area contributed by atoms with E-state index in [0.29, 0.717) is 5.56 Å². The molecule has 2 rings (SSSR count). The summed E-state index contributed by atoms with van der Waals surface area (Å²) in [5, 5.41) is 2.90. The largest absolute Gasteiger partial charge is 0.322 e. The Morgan fingerprint density at radius 3 is 2.11 bits per heavy atom. The summed E-state index contributed by atoms with van der Waals surface area (Å²) in [6.07, 6.45) is 0. The number of carbonyl (C=O) groups is 1. The Bertz CT molecular complexity index is 550. The maximum absolute atomic E-state index is 12.0. The van der Waals surface area contributed by atoms with E-state index in [2.05, 4.69) is 18.3 Å². The molecule has 0 heterocycles. The molecule has 18 heavy (non-hydrogen) atoms.